The fourth-order valence-corrected chi connectivity index (χ4v) is 4.44. The summed E-state index contributed by atoms with van der Waals surface area (Å²) < 4.78 is 9.44. The minimum atomic E-state index is -0.904. The zero-order valence-electron chi connectivity index (χ0n) is 23.7. The number of nitrogens with one attached hydrogen (secondary N) is 3. The fraction of sp³-hybridized carbons (Fsp3) is 0.276. The number of carbonyl (C=O) groups is 4. The number of ether oxygens (including phenoxy) is 2. The molecule has 1 atom stereocenters. The summed E-state index contributed by atoms with van der Waals surface area (Å²) >= 11 is 0. The molecule has 0 radical (unpaired) electrons. The van der Waals surface area contributed by atoms with Crippen LogP contribution in [0.25, 0.3) is 11.0 Å². The van der Waals surface area contributed by atoms with E-state index in [1.165, 1.54) is 32.5 Å². The molecular formula is C29H32N8O6. The molecule has 0 unspecified atom stereocenters. The van der Waals surface area contributed by atoms with Gasteiger partial charge >= 0.3 is 11.9 Å². The lowest BCUT2D eigenvalue weighted by Crippen LogP contribution is -2.42. The van der Waals surface area contributed by atoms with Gasteiger partial charge in [-0.2, -0.15) is 9.97 Å². The van der Waals surface area contributed by atoms with Gasteiger partial charge in [-0.1, -0.05) is 12.1 Å². The third-order valence-corrected chi connectivity index (χ3v) is 6.72. The summed E-state index contributed by atoms with van der Waals surface area (Å²) in [7, 11) is 2.48. The molecule has 0 saturated carbocycles. The number of carbonyl (C=O) groups excluding carboxylic acids is 4. The molecule has 43 heavy (non-hydrogen) atoms. The average molecular weight is 589 g/mol. The second-order valence-electron chi connectivity index (χ2n) is 9.57. The first-order chi connectivity index (χ1) is 20.7. The number of anilines is 2. The van der Waals surface area contributed by atoms with E-state index in [1.54, 1.807) is 12.1 Å². The Morgan fingerprint density at radius 2 is 1.67 bits per heavy atom. The van der Waals surface area contributed by atoms with Crippen molar-refractivity contribution in [3.8, 4) is 0 Å². The van der Waals surface area contributed by atoms with Crippen LogP contribution in [0.1, 0.15) is 55.2 Å². The van der Waals surface area contributed by atoms with E-state index in [-0.39, 0.29) is 30.2 Å². The predicted octanol–water partition coefficient (Wildman–Crippen LogP) is 1.57. The van der Waals surface area contributed by atoms with E-state index >= 15 is 0 Å². The molecule has 3 heterocycles. The van der Waals surface area contributed by atoms with Gasteiger partial charge in [0.25, 0.3) is 11.8 Å². The van der Waals surface area contributed by atoms with Crippen LogP contribution >= 0.6 is 0 Å². The van der Waals surface area contributed by atoms with Crippen molar-refractivity contribution in [1.82, 2.24) is 30.6 Å². The number of nitrogen functional groups attached to an aromatic ring is 2. The Morgan fingerprint density at radius 3 is 2.35 bits per heavy atom. The van der Waals surface area contributed by atoms with Gasteiger partial charge in [0.1, 0.15) is 23.2 Å². The van der Waals surface area contributed by atoms with Crippen molar-refractivity contribution in [2.45, 2.75) is 31.7 Å². The molecule has 4 aromatic rings. The maximum Gasteiger partial charge on any atom is 0.356 e. The molecule has 0 aliphatic rings. The molecular weight excluding hydrogens is 556 g/mol. The number of methoxy groups -OCH3 is 2. The first-order valence-corrected chi connectivity index (χ1v) is 13.4. The Bertz CT molecular complexity index is 1620. The summed E-state index contributed by atoms with van der Waals surface area (Å²) in [6, 6.07) is 9.01. The lowest BCUT2D eigenvalue weighted by atomic mass is 10.0. The summed E-state index contributed by atoms with van der Waals surface area (Å²) in [5.74, 6) is -1.60. The van der Waals surface area contributed by atoms with Gasteiger partial charge in [0, 0.05) is 24.5 Å². The van der Waals surface area contributed by atoms with Crippen LogP contribution in [-0.4, -0.2) is 70.5 Å². The highest BCUT2D eigenvalue weighted by Gasteiger charge is 2.22. The first-order valence-electron chi connectivity index (χ1n) is 13.4. The van der Waals surface area contributed by atoms with Gasteiger partial charge in [0.2, 0.25) is 5.95 Å². The monoisotopic (exact) mass is 588 g/mol. The molecule has 0 aliphatic heterocycles. The van der Waals surface area contributed by atoms with E-state index in [9.17, 15) is 19.2 Å². The van der Waals surface area contributed by atoms with Crippen LogP contribution < -0.4 is 22.1 Å². The van der Waals surface area contributed by atoms with Crippen LogP contribution in [-0.2, 0) is 27.1 Å². The Morgan fingerprint density at radius 1 is 0.930 bits per heavy atom. The van der Waals surface area contributed by atoms with E-state index in [0.717, 1.165) is 16.5 Å². The third-order valence-electron chi connectivity index (χ3n) is 6.72. The van der Waals surface area contributed by atoms with Crippen molar-refractivity contribution >= 4 is 46.6 Å². The van der Waals surface area contributed by atoms with Gasteiger partial charge in [-0.15, -0.1) is 0 Å². The normalized spacial score (nSPS) is 11.5. The quantitative estimate of drug-likeness (QED) is 0.118. The van der Waals surface area contributed by atoms with Crippen molar-refractivity contribution < 1.29 is 28.7 Å². The number of aromatic amines is 1. The molecule has 7 N–H and O–H groups in total. The highest BCUT2D eigenvalue weighted by atomic mass is 16.5. The topological polar surface area (TPSA) is 217 Å². The summed E-state index contributed by atoms with van der Waals surface area (Å²) in [4.78, 5) is 64.2. The highest BCUT2D eigenvalue weighted by Crippen LogP contribution is 2.24. The Balaban J connectivity index is 1.27. The van der Waals surface area contributed by atoms with Crippen LogP contribution in [0.15, 0.2) is 48.8 Å². The number of fused-ring (bicyclic) bond motifs is 1. The summed E-state index contributed by atoms with van der Waals surface area (Å²) in [6.45, 7) is 0.233. The molecule has 3 aromatic heterocycles. The minimum Gasteiger partial charge on any atom is -0.467 e. The number of aryl methyl sites for hydroxylation is 2. The lowest BCUT2D eigenvalue weighted by molar-refractivity contribution is -0.143. The van der Waals surface area contributed by atoms with Gasteiger partial charge in [-0.25, -0.2) is 14.6 Å². The van der Waals surface area contributed by atoms with E-state index in [2.05, 4.69) is 35.3 Å². The zero-order chi connectivity index (χ0) is 30.9. The SMILES string of the molecule is COC(=O)c1ccc(C(=O)NCCC[C@H](NC(=O)c2ccc(CCc3c[nH]c4nc(N)nc(N)c34)cc2)C(=O)OC)cn1. The molecule has 224 valence electrons. The number of nitrogens with two attached hydrogens (primary N) is 2. The molecule has 14 heteroatoms. The number of nitrogens with zero attached hydrogens (tertiary/aromatic N) is 3. The number of esters is 2. The number of rotatable bonds is 12. The van der Waals surface area contributed by atoms with Gasteiger partial charge in [-0.05, 0) is 61.1 Å². The van der Waals surface area contributed by atoms with Crippen LogP contribution in [0.2, 0.25) is 0 Å². The van der Waals surface area contributed by atoms with Crippen LogP contribution in [0.4, 0.5) is 11.8 Å². The molecule has 2 amide bonds. The molecule has 0 bridgehead atoms. The van der Waals surface area contributed by atoms with Crippen molar-refractivity contribution in [1.29, 1.82) is 0 Å². The summed E-state index contributed by atoms with van der Waals surface area (Å²) in [6.07, 6.45) is 5.07. The number of hydrogen-bond donors (Lipinski definition) is 5. The van der Waals surface area contributed by atoms with Crippen molar-refractivity contribution in [3.63, 3.8) is 0 Å². The molecule has 14 nitrogen and oxygen atoms in total. The standard InChI is InChI=1S/C29H32N8O6/c1-42-27(40)20-12-11-19(15-33-20)25(38)32-13-3-4-21(28(41)43-2)35-26(39)17-8-5-16(6-9-17)7-10-18-14-34-24-22(18)23(30)36-29(31)37-24/h5-6,8-9,11-12,14-15,21H,3-4,7,10,13H2,1-2H3,(H,32,38)(H,35,39)(H5,30,31,34,36,37)/t21-/m0/s1. The molecule has 0 aliphatic carbocycles. The highest BCUT2D eigenvalue weighted by molar-refractivity contribution is 5.97. The molecule has 0 saturated heterocycles. The molecule has 0 fully saturated rings. The zero-order valence-corrected chi connectivity index (χ0v) is 23.7. The van der Waals surface area contributed by atoms with E-state index in [1.807, 2.05) is 18.3 Å². The smallest absolute Gasteiger partial charge is 0.356 e. The minimum absolute atomic E-state index is 0.0863. The second-order valence-corrected chi connectivity index (χ2v) is 9.57. The van der Waals surface area contributed by atoms with Gasteiger partial charge in [-0.3, -0.25) is 9.59 Å². The molecule has 1 aromatic carbocycles. The van der Waals surface area contributed by atoms with Gasteiger partial charge in [0.05, 0.1) is 25.2 Å². The third kappa shape index (κ3) is 7.61. The number of aromatic nitrogens is 4. The van der Waals surface area contributed by atoms with E-state index in [0.29, 0.717) is 36.3 Å². The maximum atomic E-state index is 12.9. The van der Waals surface area contributed by atoms with Crippen molar-refractivity contribution in [3.05, 3.63) is 76.7 Å². The number of H-pyrrole nitrogens is 1. The summed E-state index contributed by atoms with van der Waals surface area (Å²) in [5.41, 5.74) is 15.0. The number of pyridine rings is 1. The van der Waals surface area contributed by atoms with Crippen molar-refractivity contribution in [2.75, 3.05) is 32.2 Å². The van der Waals surface area contributed by atoms with E-state index in [4.69, 9.17) is 16.2 Å². The number of hydrogen-bond acceptors (Lipinski definition) is 11. The van der Waals surface area contributed by atoms with Crippen molar-refractivity contribution in [2.24, 2.45) is 0 Å². The maximum absolute atomic E-state index is 12.9. The lowest BCUT2D eigenvalue weighted by Gasteiger charge is -2.17. The summed E-state index contributed by atoms with van der Waals surface area (Å²) in [5, 5.41) is 6.17. The average Bonchev–Trinajstić information content (AvgIpc) is 3.43. The largest absolute Gasteiger partial charge is 0.467 e. The van der Waals surface area contributed by atoms with Gasteiger partial charge < -0.3 is 36.6 Å². The number of benzene rings is 1. The first kappa shape index (κ1) is 30.4. The van der Waals surface area contributed by atoms with Gasteiger partial charge in [0.15, 0.2) is 0 Å². The second kappa shape index (κ2) is 13.9. The molecule has 4 rings (SSSR count). The predicted molar refractivity (Wildman–Crippen MR) is 157 cm³/mol. The van der Waals surface area contributed by atoms with Crippen LogP contribution in [0, 0.1) is 0 Å². The van der Waals surface area contributed by atoms with Crippen LogP contribution in [0.3, 0.4) is 0 Å². The van der Waals surface area contributed by atoms with E-state index < -0.39 is 29.8 Å². The fourth-order valence-electron chi connectivity index (χ4n) is 4.44. The van der Waals surface area contributed by atoms with Crippen LogP contribution in [0.5, 0.6) is 0 Å². The Labute approximate surface area is 246 Å². The Hall–Kier alpha value is -5.53. The Kier molecular flexibility index (Phi) is 9.83. The number of amides is 2. The molecule has 0 spiro atoms.